The molecule has 156 valence electrons. The Hall–Kier alpha value is -2.96. The number of aromatic nitrogens is 2. The van der Waals surface area contributed by atoms with E-state index in [1.165, 1.54) is 6.08 Å². The Balaban J connectivity index is 1.90. The van der Waals surface area contributed by atoms with Crippen molar-refractivity contribution in [2.24, 2.45) is 7.05 Å². The van der Waals surface area contributed by atoms with Crippen molar-refractivity contribution in [3.05, 3.63) is 81.9 Å². The molecule has 3 aromatic rings. The van der Waals surface area contributed by atoms with E-state index < -0.39 is 6.04 Å². The Morgan fingerprint density at radius 3 is 2.37 bits per heavy atom. The fourth-order valence-electron chi connectivity index (χ4n) is 2.93. The summed E-state index contributed by atoms with van der Waals surface area (Å²) >= 11 is 12.0. The summed E-state index contributed by atoms with van der Waals surface area (Å²) in [5, 5.41) is 3.88. The van der Waals surface area contributed by atoms with Crippen LogP contribution < -0.4 is 14.8 Å². The lowest BCUT2D eigenvalue weighted by molar-refractivity contribution is -0.117. The first-order valence-corrected chi connectivity index (χ1v) is 9.80. The van der Waals surface area contributed by atoms with Gasteiger partial charge in [-0.25, -0.2) is 4.98 Å². The summed E-state index contributed by atoms with van der Waals surface area (Å²) in [5.41, 5.74) is 1.54. The molecule has 0 fully saturated rings. The van der Waals surface area contributed by atoms with Crippen LogP contribution in [0.5, 0.6) is 11.5 Å². The van der Waals surface area contributed by atoms with E-state index >= 15 is 0 Å². The van der Waals surface area contributed by atoms with Crippen molar-refractivity contribution < 1.29 is 14.3 Å². The number of nitrogens with zero attached hydrogens (tertiary/aromatic N) is 2. The monoisotopic (exact) mass is 445 g/mol. The van der Waals surface area contributed by atoms with Gasteiger partial charge in [-0.2, -0.15) is 0 Å². The number of benzene rings is 2. The second-order valence-corrected chi connectivity index (χ2v) is 7.31. The maximum atomic E-state index is 12.7. The smallest absolute Gasteiger partial charge is 0.244 e. The van der Waals surface area contributed by atoms with Gasteiger partial charge in [0.05, 0.1) is 24.3 Å². The van der Waals surface area contributed by atoms with Crippen LogP contribution in [0.4, 0.5) is 0 Å². The Labute approximate surface area is 185 Å². The summed E-state index contributed by atoms with van der Waals surface area (Å²) in [6.07, 6.45) is 6.60. The molecule has 2 aromatic carbocycles. The molecule has 0 saturated heterocycles. The van der Waals surface area contributed by atoms with Crippen LogP contribution in [0.2, 0.25) is 10.0 Å². The number of hydrogen-bond donors (Lipinski definition) is 1. The van der Waals surface area contributed by atoms with Crippen LogP contribution in [0.1, 0.15) is 23.0 Å². The molecule has 1 amide bonds. The lowest BCUT2D eigenvalue weighted by Crippen LogP contribution is -2.29. The van der Waals surface area contributed by atoms with Crippen LogP contribution in [-0.4, -0.2) is 29.7 Å². The summed E-state index contributed by atoms with van der Waals surface area (Å²) in [6.45, 7) is 0. The Morgan fingerprint density at radius 1 is 1.10 bits per heavy atom. The predicted molar refractivity (Wildman–Crippen MR) is 118 cm³/mol. The highest BCUT2D eigenvalue weighted by atomic mass is 35.5. The number of ether oxygens (including phenoxy) is 2. The third-order valence-corrected chi connectivity index (χ3v) is 5.22. The van der Waals surface area contributed by atoms with Crippen molar-refractivity contribution in [1.82, 2.24) is 14.9 Å². The van der Waals surface area contributed by atoms with Gasteiger partial charge in [-0.3, -0.25) is 4.79 Å². The van der Waals surface area contributed by atoms with E-state index in [9.17, 15) is 4.79 Å². The van der Waals surface area contributed by atoms with Gasteiger partial charge in [0.15, 0.2) is 0 Å². The molecule has 8 heteroatoms. The molecule has 0 aliphatic rings. The molecule has 1 heterocycles. The largest absolute Gasteiger partial charge is 0.497 e. The highest BCUT2D eigenvalue weighted by Gasteiger charge is 2.21. The maximum absolute atomic E-state index is 12.7. The zero-order valence-electron chi connectivity index (χ0n) is 16.7. The van der Waals surface area contributed by atoms with E-state index in [1.807, 2.05) is 29.9 Å². The number of aryl methyl sites for hydroxylation is 1. The van der Waals surface area contributed by atoms with Crippen LogP contribution >= 0.6 is 23.2 Å². The fourth-order valence-corrected chi connectivity index (χ4v) is 3.23. The van der Waals surface area contributed by atoms with E-state index in [4.69, 9.17) is 32.7 Å². The van der Waals surface area contributed by atoms with E-state index in [2.05, 4.69) is 10.3 Å². The number of amides is 1. The third-order valence-electron chi connectivity index (χ3n) is 4.48. The quantitative estimate of drug-likeness (QED) is 0.536. The lowest BCUT2D eigenvalue weighted by Gasteiger charge is -2.20. The molecule has 0 aliphatic heterocycles. The van der Waals surface area contributed by atoms with Crippen LogP contribution in [-0.2, 0) is 11.8 Å². The van der Waals surface area contributed by atoms with Gasteiger partial charge in [-0.15, -0.1) is 0 Å². The van der Waals surface area contributed by atoms with Gasteiger partial charge in [0.1, 0.15) is 23.4 Å². The fraction of sp³-hybridized carbons (Fsp3) is 0.182. The van der Waals surface area contributed by atoms with Crippen molar-refractivity contribution in [3.8, 4) is 11.5 Å². The van der Waals surface area contributed by atoms with Crippen molar-refractivity contribution in [2.45, 2.75) is 6.04 Å². The van der Waals surface area contributed by atoms with Gasteiger partial charge in [0, 0.05) is 31.6 Å². The molecule has 1 aromatic heterocycles. The van der Waals surface area contributed by atoms with Gasteiger partial charge in [0.2, 0.25) is 5.91 Å². The van der Waals surface area contributed by atoms with E-state index in [-0.39, 0.29) is 5.91 Å². The molecule has 0 radical (unpaired) electrons. The average molecular weight is 446 g/mol. The molecule has 0 spiro atoms. The summed E-state index contributed by atoms with van der Waals surface area (Å²) in [5.74, 6) is 1.60. The molecular formula is C22H21Cl2N3O3. The number of imidazole rings is 1. The molecule has 0 aliphatic carbocycles. The first-order chi connectivity index (χ1) is 14.4. The first-order valence-electron chi connectivity index (χ1n) is 9.05. The summed E-state index contributed by atoms with van der Waals surface area (Å²) in [6, 6.07) is 10.1. The molecule has 3 rings (SSSR count). The van der Waals surface area contributed by atoms with Gasteiger partial charge in [-0.05, 0) is 41.5 Å². The first kappa shape index (κ1) is 21.7. The van der Waals surface area contributed by atoms with E-state index in [0.29, 0.717) is 27.4 Å². The number of rotatable bonds is 7. The molecule has 30 heavy (non-hydrogen) atoms. The van der Waals surface area contributed by atoms with Crippen molar-refractivity contribution in [3.63, 3.8) is 0 Å². The number of hydrogen-bond acceptors (Lipinski definition) is 4. The number of halogens is 2. The lowest BCUT2D eigenvalue weighted by atomic mass is 10.0. The normalized spacial score (nSPS) is 12.0. The molecule has 0 saturated carbocycles. The van der Waals surface area contributed by atoms with Crippen molar-refractivity contribution >= 4 is 35.2 Å². The van der Waals surface area contributed by atoms with E-state index in [0.717, 1.165) is 11.1 Å². The topological polar surface area (TPSA) is 65.4 Å². The summed E-state index contributed by atoms with van der Waals surface area (Å²) in [7, 11) is 5.02. The Kier molecular flexibility index (Phi) is 7.03. The van der Waals surface area contributed by atoms with Crippen molar-refractivity contribution in [1.29, 1.82) is 0 Å². The SMILES string of the molecule is COc1cc(OC)cc(C(NC(=O)/C=C/c2ccc(Cl)c(Cl)c2)c2nccn2C)c1. The summed E-state index contributed by atoms with van der Waals surface area (Å²) < 4.78 is 12.6. The van der Waals surface area contributed by atoms with Crippen LogP contribution in [0, 0.1) is 0 Å². The minimum absolute atomic E-state index is 0.296. The minimum atomic E-state index is -0.514. The maximum Gasteiger partial charge on any atom is 0.244 e. The van der Waals surface area contributed by atoms with Gasteiger partial charge in [0.25, 0.3) is 0 Å². The zero-order valence-corrected chi connectivity index (χ0v) is 18.2. The minimum Gasteiger partial charge on any atom is -0.497 e. The number of carbonyl (C=O) groups is 1. The number of carbonyl (C=O) groups excluding carboxylic acids is 1. The Bertz CT molecular complexity index is 1060. The average Bonchev–Trinajstić information content (AvgIpc) is 3.17. The number of nitrogens with one attached hydrogen (secondary N) is 1. The zero-order chi connectivity index (χ0) is 21.7. The van der Waals surface area contributed by atoms with Crippen molar-refractivity contribution in [2.75, 3.05) is 14.2 Å². The van der Waals surface area contributed by atoms with E-state index in [1.54, 1.807) is 50.8 Å². The molecule has 6 nitrogen and oxygen atoms in total. The predicted octanol–water partition coefficient (Wildman–Crippen LogP) is 4.66. The second kappa shape index (κ2) is 9.69. The summed E-state index contributed by atoms with van der Waals surface area (Å²) in [4.78, 5) is 17.1. The van der Waals surface area contributed by atoms with Gasteiger partial charge < -0.3 is 19.4 Å². The van der Waals surface area contributed by atoms with Gasteiger partial charge in [-0.1, -0.05) is 29.3 Å². The highest BCUT2D eigenvalue weighted by Crippen LogP contribution is 2.29. The molecule has 1 N–H and O–H groups in total. The van der Waals surface area contributed by atoms with Crippen LogP contribution in [0.15, 0.2) is 54.9 Å². The standard InChI is InChI=1S/C22H21Cl2N3O3/c1-27-9-8-25-22(27)21(15-11-16(29-2)13-17(12-15)30-3)26-20(28)7-5-14-4-6-18(23)19(24)10-14/h4-13,21H,1-3H3,(H,26,28)/b7-5+. The molecule has 1 unspecified atom stereocenters. The molecular weight excluding hydrogens is 425 g/mol. The molecule has 0 bridgehead atoms. The molecule has 1 atom stereocenters. The Morgan fingerprint density at radius 2 is 1.80 bits per heavy atom. The second-order valence-electron chi connectivity index (χ2n) is 6.49. The van der Waals surface area contributed by atoms with Crippen LogP contribution in [0.3, 0.4) is 0 Å². The van der Waals surface area contributed by atoms with Crippen LogP contribution in [0.25, 0.3) is 6.08 Å². The van der Waals surface area contributed by atoms with Gasteiger partial charge >= 0.3 is 0 Å². The third kappa shape index (κ3) is 5.14. The number of methoxy groups -OCH3 is 2. The highest BCUT2D eigenvalue weighted by molar-refractivity contribution is 6.42.